The minimum absolute atomic E-state index is 0.0804. The summed E-state index contributed by atoms with van der Waals surface area (Å²) < 4.78 is 20.1. The number of anilines is 1. The second-order valence-electron chi connectivity index (χ2n) is 7.61. The van der Waals surface area contributed by atoms with Crippen molar-refractivity contribution < 1.29 is 13.9 Å². The average Bonchev–Trinajstić information content (AvgIpc) is 3.13. The van der Waals surface area contributed by atoms with Crippen LogP contribution in [0, 0.1) is 5.82 Å². The molecule has 1 unspecified atom stereocenters. The van der Waals surface area contributed by atoms with E-state index in [1.54, 1.807) is 29.9 Å². The Morgan fingerprint density at radius 1 is 1.41 bits per heavy atom. The first-order valence-corrected chi connectivity index (χ1v) is 12.4. The summed E-state index contributed by atoms with van der Waals surface area (Å²) in [6.45, 7) is 2.44. The maximum Gasteiger partial charge on any atom is 0.263 e. The Labute approximate surface area is 198 Å². The highest BCUT2D eigenvalue weighted by atomic mass is 35.5. The first kappa shape index (κ1) is 23.2. The van der Waals surface area contributed by atoms with Gasteiger partial charge in [-0.3, -0.25) is 14.2 Å². The summed E-state index contributed by atoms with van der Waals surface area (Å²) in [6, 6.07) is 3.79. The van der Waals surface area contributed by atoms with Crippen molar-refractivity contribution in [1.29, 1.82) is 0 Å². The van der Waals surface area contributed by atoms with Gasteiger partial charge in [0.1, 0.15) is 10.6 Å². The molecule has 1 atom stereocenters. The highest BCUT2D eigenvalue weighted by molar-refractivity contribution is 8.00. The van der Waals surface area contributed by atoms with Crippen LogP contribution in [0.5, 0.6) is 0 Å². The van der Waals surface area contributed by atoms with Crippen LogP contribution in [0.3, 0.4) is 0 Å². The lowest BCUT2D eigenvalue weighted by molar-refractivity contribution is -0.115. The molecule has 0 aliphatic heterocycles. The number of aryl methyl sites for hydroxylation is 2. The van der Waals surface area contributed by atoms with Crippen LogP contribution in [0.4, 0.5) is 10.1 Å². The number of hydrogen-bond donors (Lipinski definition) is 1. The normalized spacial score (nSPS) is 14.4. The van der Waals surface area contributed by atoms with Gasteiger partial charge in [0.05, 0.1) is 34.5 Å². The molecule has 1 N–H and O–H groups in total. The van der Waals surface area contributed by atoms with E-state index >= 15 is 0 Å². The van der Waals surface area contributed by atoms with Gasteiger partial charge in [0.15, 0.2) is 5.16 Å². The Morgan fingerprint density at radius 2 is 2.19 bits per heavy atom. The number of benzene rings is 1. The Hall–Kier alpha value is -1.94. The summed E-state index contributed by atoms with van der Waals surface area (Å²) in [4.78, 5) is 32.9. The van der Waals surface area contributed by atoms with E-state index in [1.807, 2.05) is 0 Å². The first-order valence-electron chi connectivity index (χ1n) is 10.4. The molecule has 4 rings (SSSR count). The third kappa shape index (κ3) is 4.71. The lowest BCUT2D eigenvalue weighted by atomic mass is 9.97. The number of halogens is 2. The maximum atomic E-state index is 13.4. The summed E-state index contributed by atoms with van der Waals surface area (Å²) >= 11 is 8.81. The van der Waals surface area contributed by atoms with Crippen LogP contribution in [-0.2, 0) is 28.9 Å². The van der Waals surface area contributed by atoms with Crippen molar-refractivity contribution in [2.75, 3.05) is 19.0 Å². The van der Waals surface area contributed by atoms with Crippen molar-refractivity contribution in [3.63, 3.8) is 0 Å². The number of aromatic nitrogens is 2. The predicted molar refractivity (Wildman–Crippen MR) is 128 cm³/mol. The number of nitrogens with zero attached hydrogens (tertiary/aromatic N) is 2. The molecule has 3 aromatic rings. The molecule has 2 heterocycles. The Bertz CT molecular complexity index is 1230. The van der Waals surface area contributed by atoms with E-state index in [0.29, 0.717) is 29.4 Å². The van der Waals surface area contributed by atoms with Crippen molar-refractivity contribution in [1.82, 2.24) is 9.55 Å². The van der Waals surface area contributed by atoms with E-state index < -0.39 is 11.1 Å². The molecule has 1 amide bonds. The number of fused-ring (bicyclic) bond motifs is 3. The number of ether oxygens (including phenoxy) is 1. The number of thiophene rings is 1. The zero-order valence-electron chi connectivity index (χ0n) is 17.7. The zero-order valence-corrected chi connectivity index (χ0v) is 20.1. The van der Waals surface area contributed by atoms with E-state index in [1.165, 1.54) is 28.8 Å². The zero-order chi connectivity index (χ0) is 22.8. The molecule has 10 heteroatoms. The monoisotopic (exact) mass is 495 g/mol. The molecule has 1 aliphatic carbocycles. The van der Waals surface area contributed by atoms with Crippen LogP contribution in [-0.4, -0.2) is 34.4 Å². The molecule has 170 valence electrons. The number of amides is 1. The molecule has 0 radical (unpaired) electrons. The standard InChI is InChI=1S/C22H23ClFN3O3S2/c1-12(19(28)25-16-8-7-13(24)11-15(16)23)31-22-26-20-18(21(29)27(22)9-10-30-2)14-5-3-4-6-17(14)32-20/h7-8,11-12H,3-6,9-10H2,1-2H3,(H,25,28). The summed E-state index contributed by atoms with van der Waals surface area (Å²) in [5.41, 5.74) is 1.38. The van der Waals surface area contributed by atoms with E-state index in [9.17, 15) is 14.0 Å². The summed E-state index contributed by atoms with van der Waals surface area (Å²) in [6.07, 6.45) is 4.09. The number of rotatable bonds is 7. The number of carbonyl (C=O) groups excluding carboxylic acids is 1. The number of thioether (sulfide) groups is 1. The Balaban J connectivity index is 1.64. The number of carbonyl (C=O) groups is 1. The second kappa shape index (κ2) is 9.91. The first-order chi connectivity index (χ1) is 15.4. The van der Waals surface area contributed by atoms with Crippen LogP contribution in [0.1, 0.15) is 30.2 Å². The molecule has 0 bridgehead atoms. The van der Waals surface area contributed by atoms with Gasteiger partial charge in [0.2, 0.25) is 5.91 Å². The molecule has 0 fully saturated rings. The van der Waals surface area contributed by atoms with E-state index in [2.05, 4.69) is 5.32 Å². The molecule has 32 heavy (non-hydrogen) atoms. The Morgan fingerprint density at radius 3 is 2.94 bits per heavy atom. The smallest absolute Gasteiger partial charge is 0.263 e. The topological polar surface area (TPSA) is 73.2 Å². The van der Waals surface area contributed by atoms with Gasteiger partial charge >= 0.3 is 0 Å². The highest BCUT2D eigenvalue weighted by Gasteiger charge is 2.24. The molecule has 0 saturated heterocycles. The van der Waals surface area contributed by atoms with E-state index in [4.69, 9.17) is 21.3 Å². The lowest BCUT2D eigenvalue weighted by Crippen LogP contribution is -2.28. The van der Waals surface area contributed by atoms with Gasteiger partial charge < -0.3 is 10.1 Å². The van der Waals surface area contributed by atoms with Gasteiger partial charge in [-0.25, -0.2) is 9.37 Å². The minimum Gasteiger partial charge on any atom is -0.383 e. The van der Waals surface area contributed by atoms with Crippen molar-refractivity contribution in [3.8, 4) is 0 Å². The van der Waals surface area contributed by atoms with Crippen LogP contribution in [0.15, 0.2) is 28.2 Å². The number of methoxy groups -OCH3 is 1. The third-order valence-electron chi connectivity index (χ3n) is 5.40. The molecular weight excluding hydrogens is 473 g/mol. The average molecular weight is 496 g/mol. The second-order valence-corrected chi connectivity index (χ2v) is 10.4. The molecular formula is C22H23ClFN3O3S2. The fraction of sp³-hybridized carbons (Fsp3) is 0.409. The molecule has 0 spiro atoms. The van der Waals surface area contributed by atoms with Crippen LogP contribution in [0.2, 0.25) is 5.02 Å². The van der Waals surface area contributed by atoms with E-state index in [0.717, 1.165) is 42.1 Å². The fourth-order valence-corrected chi connectivity index (χ4v) is 6.18. The van der Waals surface area contributed by atoms with Crippen LogP contribution in [0.25, 0.3) is 10.2 Å². The number of hydrogen-bond acceptors (Lipinski definition) is 6. The van der Waals surface area contributed by atoms with Gasteiger partial charge in [-0.15, -0.1) is 11.3 Å². The van der Waals surface area contributed by atoms with Crippen molar-refractivity contribution in [2.45, 2.75) is 49.6 Å². The van der Waals surface area contributed by atoms with Crippen molar-refractivity contribution in [2.24, 2.45) is 0 Å². The fourth-order valence-electron chi connectivity index (χ4n) is 3.73. The van der Waals surface area contributed by atoms with Crippen LogP contribution >= 0.6 is 34.7 Å². The molecule has 1 aliphatic rings. The van der Waals surface area contributed by atoms with Crippen LogP contribution < -0.4 is 10.9 Å². The van der Waals surface area contributed by atoms with Gasteiger partial charge in [0, 0.05) is 12.0 Å². The summed E-state index contributed by atoms with van der Waals surface area (Å²) in [5, 5.41) is 3.46. The predicted octanol–water partition coefficient (Wildman–Crippen LogP) is 4.90. The summed E-state index contributed by atoms with van der Waals surface area (Å²) in [7, 11) is 1.58. The van der Waals surface area contributed by atoms with Gasteiger partial charge in [-0.1, -0.05) is 23.4 Å². The van der Waals surface area contributed by atoms with Gasteiger partial charge in [-0.2, -0.15) is 0 Å². The quantitative estimate of drug-likeness (QED) is 0.373. The lowest BCUT2D eigenvalue weighted by Gasteiger charge is -2.16. The molecule has 0 saturated carbocycles. The maximum absolute atomic E-state index is 13.4. The van der Waals surface area contributed by atoms with Crippen molar-refractivity contribution >= 4 is 56.5 Å². The van der Waals surface area contributed by atoms with Gasteiger partial charge in [-0.05, 0) is 56.4 Å². The molecule has 6 nitrogen and oxygen atoms in total. The largest absolute Gasteiger partial charge is 0.383 e. The van der Waals surface area contributed by atoms with Crippen molar-refractivity contribution in [3.05, 3.63) is 49.8 Å². The molecule has 2 aromatic heterocycles. The van der Waals surface area contributed by atoms with E-state index in [-0.39, 0.29) is 16.5 Å². The summed E-state index contributed by atoms with van der Waals surface area (Å²) in [5.74, 6) is -0.796. The van der Waals surface area contributed by atoms with Gasteiger partial charge in [0.25, 0.3) is 5.56 Å². The minimum atomic E-state index is -0.566. The SMILES string of the molecule is COCCn1c(SC(C)C(=O)Nc2ccc(F)cc2Cl)nc2sc3c(c2c1=O)CCCC3. The molecule has 1 aromatic carbocycles. The highest BCUT2D eigenvalue weighted by Crippen LogP contribution is 2.35. The number of nitrogens with one attached hydrogen (secondary N) is 1. The third-order valence-corrected chi connectivity index (χ3v) is 7.99. The Kier molecular flexibility index (Phi) is 7.19.